The van der Waals surface area contributed by atoms with Gasteiger partial charge < -0.3 is 10.1 Å². The highest BCUT2D eigenvalue weighted by molar-refractivity contribution is 7.10. The van der Waals surface area contributed by atoms with E-state index >= 15 is 0 Å². The molecule has 1 N–H and O–H groups in total. The predicted molar refractivity (Wildman–Crippen MR) is 122 cm³/mol. The molecule has 0 saturated heterocycles. The van der Waals surface area contributed by atoms with Gasteiger partial charge in [-0.05, 0) is 68.2 Å². The summed E-state index contributed by atoms with van der Waals surface area (Å²) in [6.45, 7) is 1.87. The second-order valence-electron chi connectivity index (χ2n) is 8.90. The molecule has 2 aromatic rings. The van der Waals surface area contributed by atoms with Crippen LogP contribution in [0.5, 0.6) is 0 Å². The maximum Gasteiger partial charge on any atom is 0.337 e. The van der Waals surface area contributed by atoms with Gasteiger partial charge in [-0.2, -0.15) is 0 Å². The molecule has 0 unspecified atom stereocenters. The van der Waals surface area contributed by atoms with Crippen LogP contribution in [0, 0.1) is 5.82 Å². The van der Waals surface area contributed by atoms with Crippen LogP contribution in [-0.4, -0.2) is 17.9 Å². The second kappa shape index (κ2) is 8.66. The molecular weight excluding hydrogens is 425 g/mol. The van der Waals surface area contributed by atoms with Crippen molar-refractivity contribution in [3.8, 4) is 0 Å². The van der Waals surface area contributed by atoms with E-state index in [0.717, 1.165) is 36.9 Å². The molecule has 0 bridgehead atoms. The van der Waals surface area contributed by atoms with Crippen molar-refractivity contribution in [2.75, 3.05) is 0 Å². The quantitative estimate of drug-likeness (QED) is 0.603. The lowest BCUT2D eigenvalue weighted by atomic mass is 9.72. The van der Waals surface area contributed by atoms with Crippen LogP contribution >= 0.6 is 11.3 Å². The number of thiophene rings is 1. The minimum Gasteiger partial charge on any atom is -0.459 e. The van der Waals surface area contributed by atoms with Crippen LogP contribution in [0.4, 0.5) is 4.39 Å². The zero-order valence-corrected chi connectivity index (χ0v) is 18.8. The molecule has 1 saturated carbocycles. The SMILES string of the molecule is CC1=C(C(=O)OC2CCCC2)[C@H](c2ccc(F)cc2)C2=C(C[C@@H](c3cccs3)CC2=O)N1. The number of ether oxygens (including phenoxy) is 1. The van der Waals surface area contributed by atoms with Crippen LogP contribution in [-0.2, 0) is 14.3 Å². The first-order valence-electron chi connectivity index (χ1n) is 11.2. The number of carbonyl (C=O) groups excluding carboxylic acids is 2. The van der Waals surface area contributed by atoms with E-state index in [1.165, 1.54) is 17.0 Å². The standard InChI is InChI=1S/C26H26FNO3S/c1-15-23(26(30)31-19-5-2-3-6-19)24(16-8-10-18(27)11-9-16)25-20(28-15)13-17(14-21(25)29)22-7-4-12-32-22/h4,7-12,17,19,24,28H,2-3,5-6,13-14H2,1H3/t17-,24+/m1/s1. The van der Waals surface area contributed by atoms with Crippen molar-refractivity contribution in [1.29, 1.82) is 0 Å². The number of dihydropyridines is 1. The maximum absolute atomic E-state index is 13.7. The van der Waals surface area contributed by atoms with E-state index in [1.807, 2.05) is 18.4 Å². The Balaban J connectivity index is 1.54. The van der Waals surface area contributed by atoms with E-state index in [2.05, 4.69) is 11.4 Å². The fraction of sp³-hybridized carbons (Fsp3) is 0.385. The lowest BCUT2D eigenvalue weighted by Crippen LogP contribution is -2.36. The van der Waals surface area contributed by atoms with Crippen LogP contribution in [0.3, 0.4) is 0 Å². The van der Waals surface area contributed by atoms with Crippen LogP contribution in [0.2, 0.25) is 0 Å². The molecule has 0 amide bonds. The van der Waals surface area contributed by atoms with Gasteiger partial charge in [0.05, 0.1) is 5.57 Å². The fourth-order valence-electron chi connectivity index (χ4n) is 5.24. The molecule has 4 nitrogen and oxygen atoms in total. The zero-order chi connectivity index (χ0) is 22.2. The smallest absolute Gasteiger partial charge is 0.337 e. The van der Waals surface area contributed by atoms with E-state index in [4.69, 9.17) is 4.74 Å². The van der Waals surface area contributed by atoms with Crippen LogP contribution < -0.4 is 5.32 Å². The molecule has 0 radical (unpaired) electrons. The molecule has 1 aromatic carbocycles. The topological polar surface area (TPSA) is 55.4 Å². The molecular formula is C26H26FNO3S. The first-order valence-corrected chi connectivity index (χ1v) is 12.1. The molecule has 5 rings (SSSR count). The molecule has 2 atom stereocenters. The third-order valence-corrected chi connectivity index (χ3v) is 7.81. The number of hydrogen-bond donors (Lipinski definition) is 1. The summed E-state index contributed by atoms with van der Waals surface area (Å²) in [5, 5.41) is 5.41. The maximum atomic E-state index is 13.7. The molecule has 0 spiro atoms. The van der Waals surface area contributed by atoms with Gasteiger partial charge in [-0.25, -0.2) is 9.18 Å². The third-order valence-electron chi connectivity index (χ3n) is 6.77. The number of ketones is 1. The first-order chi connectivity index (χ1) is 15.5. The van der Waals surface area contributed by atoms with Crippen molar-refractivity contribution in [3.05, 3.63) is 80.6 Å². The summed E-state index contributed by atoms with van der Waals surface area (Å²) in [4.78, 5) is 28.0. The van der Waals surface area contributed by atoms with Crippen molar-refractivity contribution >= 4 is 23.1 Å². The number of nitrogens with one attached hydrogen (secondary N) is 1. The van der Waals surface area contributed by atoms with E-state index in [-0.39, 0.29) is 29.6 Å². The summed E-state index contributed by atoms with van der Waals surface area (Å²) in [5.41, 5.74) is 3.39. The van der Waals surface area contributed by atoms with Gasteiger partial charge in [-0.3, -0.25) is 4.79 Å². The Morgan fingerprint density at radius 3 is 2.56 bits per heavy atom. The van der Waals surface area contributed by atoms with Gasteiger partial charge in [-0.1, -0.05) is 18.2 Å². The van der Waals surface area contributed by atoms with Crippen molar-refractivity contribution in [2.45, 2.75) is 63.4 Å². The Kier molecular flexibility index (Phi) is 5.72. The lowest BCUT2D eigenvalue weighted by Gasteiger charge is -2.36. The van der Waals surface area contributed by atoms with Gasteiger partial charge in [0.2, 0.25) is 0 Å². The Morgan fingerprint density at radius 1 is 1.12 bits per heavy atom. The Morgan fingerprint density at radius 2 is 1.88 bits per heavy atom. The molecule has 1 aliphatic heterocycles. The highest BCUT2D eigenvalue weighted by Crippen LogP contribution is 2.46. The summed E-state index contributed by atoms with van der Waals surface area (Å²) < 4.78 is 19.5. The van der Waals surface area contributed by atoms with Crippen LogP contribution in [0.25, 0.3) is 0 Å². The number of benzene rings is 1. The summed E-state index contributed by atoms with van der Waals surface area (Å²) >= 11 is 1.66. The molecule has 1 aromatic heterocycles. The van der Waals surface area contributed by atoms with E-state index < -0.39 is 5.92 Å². The van der Waals surface area contributed by atoms with E-state index in [9.17, 15) is 14.0 Å². The molecule has 2 aliphatic carbocycles. The molecule has 2 heterocycles. The Bertz CT molecular complexity index is 1090. The summed E-state index contributed by atoms with van der Waals surface area (Å²) in [6, 6.07) is 10.2. The monoisotopic (exact) mass is 451 g/mol. The normalized spacial score (nSPS) is 23.9. The largest absolute Gasteiger partial charge is 0.459 e. The average Bonchev–Trinajstić information content (AvgIpc) is 3.47. The zero-order valence-electron chi connectivity index (χ0n) is 18.0. The lowest BCUT2D eigenvalue weighted by molar-refractivity contribution is -0.144. The molecule has 3 aliphatic rings. The Hall–Kier alpha value is -2.73. The number of esters is 1. The van der Waals surface area contributed by atoms with Crippen LogP contribution in [0.15, 0.2) is 64.3 Å². The van der Waals surface area contributed by atoms with Gasteiger partial charge in [0.1, 0.15) is 11.9 Å². The van der Waals surface area contributed by atoms with Gasteiger partial charge in [0.15, 0.2) is 5.78 Å². The van der Waals surface area contributed by atoms with Crippen molar-refractivity contribution in [3.63, 3.8) is 0 Å². The van der Waals surface area contributed by atoms with Gasteiger partial charge in [-0.15, -0.1) is 11.3 Å². The highest BCUT2D eigenvalue weighted by atomic mass is 32.1. The van der Waals surface area contributed by atoms with Crippen LogP contribution in [0.1, 0.15) is 67.7 Å². The minimum absolute atomic E-state index is 0.0325. The van der Waals surface area contributed by atoms with Gasteiger partial charge >= 0.3 is 5.97 Å². The number of allylic oxidation sites excluding steroid dienone is 3. The number of halogens is 1. The molecule has 1 fully saturated rings. The number of rotatable bonds is 4. The first kappa shape index (κ1) is 21.1. The van der Waals surface area contributed by atoms with Crippen molar-refractivity contribution in [2.24, 2.45) is 0 Å². The molecule has 6 heteroatoms. The fourth-order valence-corrected chi connectivity index (χ4v) is 6.07. The molecule has 32 heavy (non-hydrogen) atoms. The van der Waals surface area contributed by atoms with E-state index in [1.54, 1.807) is 23.5 Å². The number of hydrogen-bond acceptors (Lipinski definition) is 5. The predicted octanol–water partition coefficient (Wildman–Crippen LogP) is 5.73. The number of Topliss-reactive ketones (excluding diaryl/α,β-unsaturated/α-hetero) is 1. The summed E-state index contributed by atoms with van der Waals surface area (Å²) in [6.07, 6.45) is 4.92. The second-order valence-corrected chi connectivity index (χ2v) is 9.88. The summed E-state index contributed by atoms with van der Waals surface area (Å²) in [5.74, 6) is -1.11. The molecule has 166 valence electrons. The van der Waals surface area contributed by atoms with E-state index in [0.29, 0.717) is 29.7 Å². The average molecular weight is 452 g/mol. The Labute approximate surface area is 191 Å². The summed E-state index contributed by atoms with van der Waals surface area (Å²) in [7, 11) is 0. The minimum atomic E-state index is -0.544. The highest BCUT2D eigenvalue weighted by Gasteiger charge is 2.42. The van der Waals surface area contributed by atoms with Crippen molar-refractivity contribution in [1.82, 2.24) is 5.32 Å². The third kappa shape index (κ3) is 3.92. The van der Waals surface area contributed by atoms with Gasteiger partial charge in [0.25, 0.3) is 0 Å². The van der Waals surface area contributed by atoms with Gasteiger partial charge in [0, 0.05) is 40.1 Å². The van der Waals surface area contributed by atoms with Crippen molar-refractivity contribution < 1.29 is 18.7 Å². The number of carbonyl (C=O) groups is 2.